The smallest absolute Gasteiger partial charge is 0.0244 e. The maximum absolute atomic E-state index is 3.68. The van der Waals surface area contributed by atoms with Crippen molar-refractivity contribution >= 4 is 0 Å². The molecule has 1 heterocycles. The van der Waals surface area contributed by atoms with Gasteiger partial charge in [0.1, 0.15) is 0 Å². The maximum atomic E-state index is 3.68. The molecule has 0 aromatic carbocycles. The van der Waals surface area contributed by atoms with Gasteiger partial charge in [0.05, 0.1) is 0 Å². The maximum Gasteiger partial charge on any atom is 0.0244 e. The van der Waals surface area contributed by atoms with Gasteiger partial charge in [-0.2, -0.15) is 0 Å². The molecular formula is C14H28N2. The summed E-state index contributed by atoms with van der Waals surface area (Å²) in [7, 11) is 0. The minimum Gasteiger partial charge on any atom is -0.311 e. The second-order valence-electron chi connectivity index (χ2n) is 6.94. The van der Waals surface area contributed by atoms with E-state index in [1.807, 2.05) is 0 Å². The Labute approximate surface area is 101 Å². The Kier molecular flexibility index (Phi) is 3.60. The van der Waals surface area contributed by atoms with Crippen LogP contribution in [0.3, 0.4) is 0 Å². The molecule has 94 valence electrons. The van der Waals surface area contributed by atoms with Gasteiger partial charge in [-0.25, -0.2) is 0 Å². The molecular weight excluding hydrogens is 196 g/mol. The fourth-order valence-corrected chi connectivity index (χ4v) is 3.19. The molecule has 3 unspecified atom stereocenters. The highest BCUT2D eigenvalue weighted by molar-refractivity contribution is 4.91. The SMILES string of the molecule is CC1CCC(N2CCNC(C(C)(C)C)C2)C1. The Morgan fingerprint density at radius 3 is 2.50 bits per heavy atom. The summed E-state index contributed by atoms with van der Waals surface area (Å²) in [6, 6.07) is 1.54. The van der Waals surface area contributed by atoms with Crippen molar-refractivity contribution in [2.24, 2.45) is 11.3 Å². The fourth-order valence-electron chi connectivity index (χ4n) is 3.19. The quantitative estimate of drug-likeness (QED) is 0.736. The molecule has 2 aliphatic rings. The van der Waals surface area contributed by atoms with E-state index >= 15 is 0 Å². The van der Waals surface area contributed by atoms with Crippen LogP contribution in [0.2, 0.25) is 0 Å². The van der Waals surface area contributed by atoms with E-state index in [2.05, 4.69) is 37.9 Å². The zero-order valence-electron chi connectivity index (χ0n) is 11.4. The number of nitrogens with zero attached hydrogens (tertiary/aromatic N) is 1. The monoisotopic (exact) mass is 224 g/mol. The average Bonchev–Trinajstić information content (AvgIpc) is 2.64. The van der Waals surface area contributed by atoms with Gasteiger partial charge < -0.3 is 5.32 Å². The van der Waals surface area contributed by atoms with Crippen molar-refractivity contribution < 1.29 is 0 Å². The molecule has 1 aliphatic carbocycles. The second-order valence-corrected chi connectivity index (χ2v) is 6.94. The first kappa shape index (κ1) is 12.4. The summed E-state index contributed by atoms with van der Waals surface area (Å²) in [5.74, 6) is 0.952. The van der Waals surface area contributed by atoms with Gasteiger partial charge in [-0.15, -0.1) is 0 Å². The highest BCUT2D eigenvalue weighted by atomic mass is 15.2. The van der Waals surface area contributed by atoms with E-state index in [0.717, 1.165) is 12.0 Å². The van der Waals surface area contributed by atoms with Crippen molar-refractivity contribution in [1.82, 2.24) is 10.2 Å². The van der Waals surface area contributed by atoms with Crippen LogP contribution < -0.4 is 5.32 Å². The van der Waals surface area contributed by atoms with E-state index in [-0.39, 0.29) is 0 Å². The number of nitrogens with one attached hydrogen (secondary N) is 1. The van der Waals surface area contributed by atoms with Crippen molar-refractivity contribution in [3.05, 3.63) is 0 Å². The van der Waals surface area contributed by atoms with Crippen molar-refractivity contribution in [3.8, 4) is 0 Å². The summed E-state index contributed by atoms with van der Waals surface area (Å²) in [5.41, 5.74) is 0.392. The Morgan fingerprint density at radius 1 is 1.19 bits per heavy atom. The van der Waals surface area contributed by atoms with Gasteiger partial charge in [0.25, 0.3) is 0 Å². The Bertz CT molecular complexity index is 231. The summed E-state index contributed by atoms with van der Waals surface area (Å²) in [4.78, 5) is 2.75. The third-order valence-corrected chi connectivity index (χ3v) is 4.44. The first-order chi connectivity index (χ1) is 7.47. The molecule has 1 saturated heterocycles. The minimum atomic E-state index is 0.392. The first-order valence-electron chi connectivity index (χ1n) is 6.94. The molecule has 2 heteroatoms. The van der Waals surface area contributed by atoms with Gasteiger partial charge in [0, 0.05) is 31.7 Å². The van der Waals surface area contributed by atoms with Crippen LogP contribution >= 0.6 is 0 Å². The highest BCUT2D eigenvalue weighted by Gasteiger charge is 2.34. The minimum absolute atomic E-state index is 0.392. The highest BCUT2D eigenvalue weighted by Crippen LogP contribution is 2.31. The summed E-state index contributed by atoms with van der Waals surface area (Å²) < 4.78 is 0. The van der Waals surface area contributed by atoms with E-state index in [9.17, 15) is 0 Å². The topological polar surface area (TPSA) is 15.3 Å². The predicted molar refractivity (Wildman–Crippen MR) is 69.6 cm³/mol. The van der Waals surface area contributed by atoms with Gasteiger partial charge in [-0.1, -0.05) is 27.7 Å². The first-order valence-corrected chi connectivity index (χ1v) is 6.94. The van der Waals surface area contributed by atoms with Crippen LogP contribution in [0.4, 0.5) is 0 Å². The lowest BCUT2D eigenvalue weighted by Crippen LogP contribution is -2.57. The van der Waals surface area contributed by atoms with Crippen molar-refractivity contribution in [2.75, 3.05) is 19.6 Å². The zero-order chi connectivity index (χ0) is 11.8. The predicted octanol–water partition coefficient (Wildman–Crippen LogP) is 2.49. The van der Waals surface area contributed by atoms with E-state index in [0.29, 0.717) is 11.5 Å². The van der Waals surface area contributed by atoms with E-state index in [1.165, 1.54) is 38.9 Å². The molecule has 1 N–H and O–H groups in total. The summed E-state index contributed by atoms with van der Waals surface area (Å²) in [6.45, 7) is 13.1. The normalized spacial score (nSPS) is 37.9. The van der Waals surface area contributed by atoms with Crippen LogP contribution in [0, 0.1) is 11.3 Å². The second kappa shape index (κ2) is 4.66. The molecule has 0 amide bonds. The average molecular weight is 224 g/mol. The van der Waals surface area contributed by atoms with Crippen molar-refractivity contribution in [2.45, 2.75) is 59.0 Å². The molecule has 3 atom stereocenters. The lowest BCUT2D eigenvalue weighted by molar-refractivity contribution is 0.0983. The molecule has 1 saturated carbocycles. The lowest BCUT2D eigenvalue weighted by atomic mass is 9.85. The van der Waals surface area contributed by atoms with Crippen molar-refractivity contribution in [1.29, 1.82) is 0 Å². The summed E-state index contributed by atoms with van der Waals surface area (Å²) >= 11 is 0. The van der Waals surface area contributed by atoms with E-state index < -0.39 is 0 Å². The standard InChI is InChI=1S/C14H28N2/c1-11-5-6-12(9-11)16-8-7-15-13(10-16)14(2,3)4/h11-13,15H,5-10H2,1-4H3. The molecule has 0 aromatic rings. The van der Waals surface area contributed by atoms with Crippen LogP contribution in [-0.2, 0) is 0 Å². The Morgan fingerprint density at radius 2 is 1.94 bits per heavy atom. The van der Waals surface area contributed by atoms with Gasteiger partial charge in [-0.05, 0) is 30.6 Å². The molecule has 0 aromatic heterocycles. The third kappa shape index (κ3) is 2.78. The molecule has 0 radical (unpaired) electrons. The van der Waals surface area contributed by atoms with Gasteiger partial charge in [-0.3, -0.25) is 4.90 Å². The lowest BCUT2D eigenvalue weighted by Gasteiger charge is -2.43. The largest absolute Gasteiger partial charge is 0.311 e. The van der Waals surface area contributed by atoms with Crippen LogP contribution in [0.25, 0.3) is 0 Å². The van der Waals surface area contributed by atoms with Gasteiger partial charge >= 0.3 is 0 Å². The van der Waals surface area contributed by atoms with Gasteiger partial charge in [0.2, 0.25) is 0 Å². The Balaban J connectivity index is 1.92. The number of rotatable bonds is 1. The van der Waals surface area contributed by atoms with Crippen LogP contribution in [0.5, 0.6) is 0 Å². The molecule has 0 spiro atoms. The summed E-state index contributed by atoms with van der Waals surface area (Å²) in [6.07, 6.45) is 4.30. The van der Waals surface area contributed by atoms with Gasteiger partial charge in [0.15, 0.2) is 0 Å². The zero-order valence-corrected chi connectivity index (χ0v) is 11.4. The summed E-state index contributed by atoms with van der Waals surface area (Å²) in [5, 5.41) is 3.68. The molecule has 0 bridgehead atoms. The fraction of sp³-hybridized carbons (Fsp3) is 1.00. The number of hydrogen-bond donors (Lipinski definition) is 1. The van der Waals surface area contributed by atoms with Crippen LogP contribution in [0.1, 0.15) is 47.0 Å². The van der Waals surface area contributed by atoms with Crippen LogP contribution in [0.15, 0.2) is 0 Å². The molecule has 2 rings (SSSR count). The Hall–Kier alpha value is -0.0800. The molecule has 2 fully saturated rings. The third-order valence-electron chi connectivity index (χ3n) is 4.44. The molecule has 2 nitrogen and oxygen atoms in total. The van der Waals surface area contributed by atoms with Crippen molar-refractivity contribution in [3.63, 3.8) is 0 Å². The number of hydrogen-bond acceptors (Lipinski definition) is 2. The number of piperazine rings is 1. The van der Waals surface area contributed by atoms with Crippen LogP contribution in [-0.4, -0.2) is 36.6 Å². The van der Waals surface area contributed by atoms with E-state index in [1.54, 1.807) is 0 Å². The molecule has 1 aliphatic heterocycles. The molecule has 16 heavy (non-hydrogen) atoms. The van der Waals surface area contributed by atoms with E-state index in [4.69, 9.17) is 0 Å².